The van der Waals surface area contributed by atoms with Gasteiger partial charge in [-0.25, -0.2) is 0 Å². The van der Waals surface area contributed by atoms with Gasteiger partial charge >= 0.3 is 0 Å². The third kappa shape index (κ3) is 2.78. The highest BCUT2D eigenvalue weighted by Crippen LogP contribution is 2.41. The molecule has 2 heteroatoms. The molecule has 88 valence electrons. The molecule has 0 amide bonds. The van der Waals surface area contributed by atoms with Gasteiger partial charge in [-0.3, -0.25) is 0 Å². The molecule has 1 unspecified atom stereocenters. The van der Waals surface area contributed by atoms with Crippen molar-refractivity contribution in [1.29, 1.82) is 0 Å². The quantitative estimate of drug-likeness (QED) is 0.806. The van der Waals surface area contributed by atoms with Gasteiger partial charge in [0, 0.05) is 11.1 Å². The van der Waals surface area contributed by atoms with Crippen LogP contribution < -0.4 is 5.32 Å². The lowest BCUT2D eigenvalue weighted by Gasteiger charge is -2.16. The summed E-state index contributed by atoms with van der Waals surface area (Å²) in [6.45, 7) is 5.40. The minimum absolute atomic E-state index is 0.348. The minimum Gasteiger partial charge on any atom is -0.310 e. The summed E-state index contributed by atoms with van der Waals surface area (Å²) in [5.74, 6) is 0.783. The lowest BCUT2D eigenvalue weighted by atomic mass is 10.0. The summed E-state index contributed by atoms with van der Waals surface area (Å²) in [6.07, 6.45) is 3.82. The Bertz CT molecular complexity index is 358. The van der Waals surface area contributed by atoms with E-state index in [0.29, 0.717) is 6.04 Å². The van der Waals surface area contributed by atoms with Crippen LogP contribution in [0.15, 0.2) is 18.2 Å². The van der Waals surface area contributed by atoms with Crippen molar-refractivity contribution in [2.24, 2.45) is 0 Å². The van der Waals surface area contributed by atoms with Crippen LogP contribution in [0.4, 0.5) is 0 Å². The molecule has 1 aliphatic carbocycles. The number of nitrogens with one attached hydrogen (secondary N) is 1. The molecule has 2 rings (SSSR count). The van der Waals surface area contributed by atoms with Crippen LogP contribution >= 0.6 is 11.6 Å². The van der Waals surface area contributed by atoms with Gasteiger partial charge in [0.15, 0.2) is 0 Å². The van der Waals surface area contributed by atoms with E-state index in [2.05, 4.69) is 37.4 Å². The van der Waals surface area contributed by atoms with E-state index in [4.69, 9.17) is 11.6 Å². The Kier molecular flexibility index (Phi) is 3.88. The van der Waals surface area contributed by atoms with Crippen LogP contribution in [0.25, 0.3) is 0 Å². The topological polar surface area (TPSA) is 12.0 Å². The Morgan fingerprint density at radius 3 is 2.75 bits per heavy atom. The molecule has 1 fully saturated rings. The molecule has 0 radical (unpaired) electrons. The molecule has 16 heavy (non-hydrogen) atoms. The molecule has 1 atom stereocenters. The monoisotopic (exact) mass is 237 g/mol. The maximum absolute atomic E-state index is 6.34. The largest absolute Gasteiger partial charge is 0.310 e. The molecular weight excluding hydrogens is 218 g/mol. The predicted octanol–water partition coefficient (Wildman–Crippen LogP) is 4.28. The number of hydrogen-bond acceptors (Lipinski definition) is 1. The van der Waals surface area contributed by atoms with Gasteiger partial charge in [-0.15, -0.1) is 0 Å². The lowest BCUT2D eigenvalue weighted by Crippen LogP contribution is -2.19. The fourth-order valence-electron chi connectivity index (χ4n) is 2.04. The summed E-state index contributed by atoms with van der Waals surface area (Å²) in [7, 11) is 0. The molecule has 1 aliphatic rings. The van der Waals surface area contributed by atoms with Crippen molar-refractivity contribution >= 4 is 11.6 Å². The van der Waals surface area contributed by atoms with Crippen LogP contribution in [-0.4, -0.2) is 6.54 Å². The molecule has 0 aromatic heterocycles. The van der Waals surface area contributed by atoms with Crippen LogP contribution in [0, 0.1) is 0 Å². The average Bonchev–Trinajstić information content (AvgIpc) is 3.09. The molecule has 0 saturated heterocycles. The summed E-state index contributed by atoms with van der Waals surface area (Å²) in [6, 6.07) is 6.92. The van der Waals surface area contributed by atoms with Gasteiger partial charge in [0.1, 0.15) is 0 Å². The SMILES string of the molecule is CCCNC(C)c1ccc(C2CC2)cc1Cl. The van der Waals surface area contributed by atoms with Crippen LogP contribution in [0.1, 0.15) is 56.2 Å². The Hall–Kier alpha value is -0.530. The van der Waals surface area contributed by atoms with E-state index in [0.717, 1.165) is 23.9 Å². The first-order valence-corrected chi connectivity index (χ1v) is 6.63. The summed E-state index contributed by atoms with van der Waals surface area (Å²) in [5.41, 5.74) is 2.64. The highest BCUT2D eigenvalue weighted by atomic mass is 35.5. The van der Waals surface area contributed by atoms with Gasteiger partial charge in [-0.2, -0.15) is 0 Å². The molecule has 0 bridgehead atoms. The normalized spacial score (nSPS) is 17.4. The smallest absolute Gasteiger partial charge is 0.0456 e. The molecule has 0 aliphatic heterocycles. The fraction of sp³-hybridized carbons (Fsp3) is 0.571. The first kappa shape index (κ1) is 11.9. The summed E-state index contributed by atoms with van der Waals surface area (Å²) >= 11 is 6.34. The van der Waals surface area contributed by atoms with Crippen molar-refractivity contribution in [1.82, 2.24) is 5.32 Å². The van der Waals surface area contributed by atoms with E-state index >= 15 is 0 Å². The predicted molar refractivity (Wildman–Crippen MR) is 70.1 cm³/mol. The molecular formula is C14H20ClN. The van der Waals surface area contributed by atoms with E-state index in [-0.39, 0.29) is 0 Å². The minimum atomic E-state index is 0.348. The lowest BCUT2D eigenvalue weighted by molar-refractivity contribution is 0.571. The van der Waals surface area contributed by atoms with E-state index in [1.807, 2.05) is 0 Å². The first-order chi connectivity index (χ1) is 7.72. The van der Waals surface area contributed by atoms with Crippen LogP contribution in [0.3, 0.4) is 0 Å². The number of rotatable bonds is 5. The Balaban J connectivity index is 2.08. The molecule has 1 aromatic rings. The number of halogens is 1. The molecule has 1 N–H and O–H groups in total. The second-order valence-corrected chi connectivity index (χ2v) is 5.14. The summed E-state index contributed by atoms with van der Waals surface area (Å²) < 4.78 is 0. The van der Waals surface area contributed by atoms with E-state index in [1.165, 1.54) is 24.0 Å². The van der Waals surface area contributed by atoms with E-state index < -0.39 is 0 Å². The van der Waals surface area contributed by atoms with Crippen molar-refractivity contribution in [2.45, 2.75) is 45.1 Å². The summed E-state index contributed by atoms with van der Waals surface area (Å²) in [5, 5.41) is 4.39. The Labute approximate surface area is 103 Å². The van der Waals surface area contributed by atoms with Crippen molar-refractivity contribution in [3.63, 3.8) is 0 Å². The Morgan fingerprint density at radius 1 is 1.44 bits per heavy atom. The second-order valence-electron chi connectivity index (χ2n) is 4.73. The van der Waals surface area contributed by atoms with Gasteiger partial charge in [0.2, 0.25) is 0 Å². The van der Waals surface area contributed by atoms with Gasteiger partial charge in [0.05, 0.1) is 0 Å². The zero-order valence-corrected chi connectivity index (χ0v) is 10.8. The third-order valence-corrected chi connectivity index (χ3v) is 3.57. The number of hydrogen-bond donors (Lipinski definition) is 1. The molecule has 1 aromatic carbocycles. The zero-order chi connectivity index (χ0) is 11.5. The van der Waals surface area contributed by atoms with Crippen LogP contribution in [-0.2, 0) is 0 Å². The molecule has 0 heterocycles. The van der Waals surface area contributed by atoms with Gasteiger partial charge in [-0.05, 0) is 55.8 Å². The first-order valence-electron chi connectivity index (χ1n) is 6.25. The average molecular weight is 238 g/mol. The zero-order valence-electron chi connectivity index (χ0n) is 10.1. The van der Waals surface area contributed by atoms with Gasteiger partial charge in [-0.1, -0.05) is 30.7 Å². The van der Waals surface area contributed by atoms with Gasteiger partial charge in [0.25, 0.3) is 0 Å². The van der Waals surface area contributed by atoms with Crippen LogP contribution in [0.2, 0.25) is 5.02 Å². The highest BCUT2D eigenvalue weighted by molar-refractivity contribution is 6.31. The van der Waals surface area contributed by atoms with E-state index in [9.17, 15) is 0 Å². The highest BCUT2D eigenvalue weighted by Gasteiger charge is 2.24. The maximum Gasteiger partial charge on any atom is 0.0456 e. The van der Waals surface area contributed by atoms with Crippen LogP contribution in [0.5, 0.6) is 0 Å². The van der Waals surface area contributed by atoms with Gasteiger partial charge < -0.3 is 5.32 Å². The second kappa shape index (κ2) is 5.20. The van der Waals surface area contributed by atoms with E-state index in [1.54, 1.807) is 0 Å². The van der Waals surface area contributed by atoms with Crippen molar-refractivity contribution in [3.8, 4) is 0 Å². The fourth-order valence-corrected chi connectivity index (χ4v) is 2.39. The molecule has 1 nitrogen and oxygen atoms in total. The van der Waals surface area contributed by atoms with Crippen molar-refractivity contribution in [3.05, 3.63) is 34.3 Å². The standard InChI is InChI=1S/C14H20ClN/c1-3-8-16-10(2)13-7-6-12(9-14(13)15)11-4-5-11/h6-7,9-11,16H,3-5,8H2,1-2H3. The van der Waals surface area contributed by atoms with Crippen molar-refractivity contribution < 1.29 is 0 Å². The Morgan fingerprint density at radius 2 is 2.19 bits per heavy atom. The summed E-state index contributed by atoms with van der Waals surface area (Å²) in [4.78, 5) is 0. The molecule has 0 spiro atoms. The maximum atomic E-state index is 6.34. The number of benzene rings is 1. The third-order valence-electron chi connectivity index (χ3n) is 3.24. The molecule has 1 saturated carbocycles. The van der Waals surface area contributed by atoms with Crippen molar-refractivity contribution in [2.75, 3.05) is 6.54 Å².